The van der Waals surface area contributed by atoms with Crippen LogP contribution in [-0.4, -0.2) is 38.5 Å². The zero-order chi connectivity index (χ0) is 16.0. The topological polar surface area (TPSA) is 93.7 Å². The first-order valence-electron chi connectivity index (χ1n) is 5.59. The predicted molar refractivity (Wildman–Crippen MR) is 79.0 cm³/mol. The molecule has 0 aromatic rings. The van der Waals surface area contributed by atoms with E-state index < -0.39 is 0 Å². The lowest BCUT2D eigenvalue weighted by molar-refractivity contribution is -0.849. The highest BCUT2D eigenvalue weighted by atomic mass is 15.2. The Labute approximate surface area is 120 Å². The summed E-state index contributed by atoms with van der Waals surface area (Å²) >= 11 is 0. The first-order valence-corrected chi connectivity index (χ1v) is 5.59. The summed E-state index contributed by atoms with van der Waals surface area (Å²) in [4.78, 5) is 0. The van der Waals surface area contributed by atoms with Crippen molar-refractivity contribution in [1.29, 1.82) is 15.8 Å². The minimum absolute atomic E-state index is 0.00980. The van der Waals surface area contributed by atoms with E-state index in [1.165, 1.54) is 30.4 Å². The molecule has 0 heterocycles. The molecule has 0 unspecified atom stereocenters. The molecule has 5 heteroatoms. The van der Waals surface area contributed by atoms with E-state index in [2.05, 4.69) is 28.2 Å². The number of quaternary nitrogens is 1. The smallest absolute Gasteiger partial charge is 0.129 e. The molecule has 102 valence electrons. The lowest BCUT2D eigenvalue weighted by Crippen LogP contribution is -2.27. The lowest BCUT2D eigenvalue weighted by Gasteiger charge is -2.14. The van der Waals surface area contributed by atoms with E-state index >= 15 is 0 Å². The van der Waals surface area contributed by atoms with Crippen LogP contribution >= 0.6 is 0 Å². The molecule has 0 bridgehead atoms. The third-order valence-electron chi connectivity index (χ3n) is 1.23. The molecular weight excluding hydrogens is 250 g/mol. The molecule has 0 fully saturated rings. The molecule has 0 amide bonds. The van der Waals surface area contributed by atoms with E-state index in [9.17, 15) is 0 Å². The Morgan fingerprint density at radius 2 is 1.40 bits per heavy atom. The van der Waals surface area contributed by atoms with Gasteiger partial charge in [-0.2, -0.15) is 15.8 Å². The van der Waals surface area contributed by atoms with Crippen molar-refractivity contribution in [3.8, 4) is 18.2 Å². The summed E-state index contributed by atoms with van der Waals surface area (Å²) in [6.07, 6.45) is 7.14. The number of hydrogen-bond acceptors (Lipinski definition) is 3. The first-order chi connectivity index (χ1) is 9.28. The van der Waals surface area contributed by atoms with Gasteiger partial charge in [0.1, 0.15) is 23.8 Å². The quantitative estimate of drug-likeness (QED) is 0.339. The van der Waals surface area contributed by atoms with Gasteiger partial charge >= 0.3 is 0 Å². The molecule has 20 heavy (non-hydrogen) atoms. The maximum Gasteiger partial charge on any atom is 0.129 e. The Balaban J connectivity index is 0. The van der Waals surface area contributed by atoms with Crippen LogP contribution in [0.1, 0.15) is 0 Å². The molecule has 0 aliphatic heterocycles. The molecule has 0 spiro atoms. The Hall–Kier alpha value is -2.90. The van der Waals surface area contributed by atoms with Crippen LogP contribution in [0, 0.1) is 34.0 Å². The van der Waals surface area contributed by atoms with Crippen molar-refractivity contribution < 1.29 is 4.48 Å². The van der Waals surface area contributed by atoms with Crippen molar-refractivity contribution in [3.63, 3.8) is 0 Å². The Morgan fingerprint density at radius 1 is 0.900 bits per heavy atom. The van der Waals surface area contributed by atoms with Crippen LogP contribution in [0.3, 0.4) is 0 Å². The standard InChI is InChI=1S/C11H5N4.C4H12N/c12-6-10(7-13)4-2-1-3-5-11(8-14)9-15;1-5(2,3)4/h1-5H;1-4H3/q-1;+1. The molecule has 0 atom stereocenters. The maximum atomic E-state index is 8.36. The van der Waals surface area contributed by atoms with E-state index in [0.29, 0.717) is 0 Å². The van der Waals surface area contributed by atoms with Crippen LogP contribution < -0.4 is 0 Å². The van der Waals surface area contributed by atoms with Gasteiger partial charge in [0, 0.05) is 0 Å². The van der Waals surface area contributed by atoms with Gasteiger partial charge in [0.05, 0.1) is 33.8 Å². The second-order valence-corrected chi connectivity index (χ2v) is 4.87. The summed E-state index contributed by atoms with van der Waals surface area (Å²) in [7, 11) is 8.50. The number of nitrogens with zero attached hydrogens (tertiary/aromatic N) is 5. The van der Waals surface area contributed by atoms with Crippen LogP contribution in [-0.2, 0) is 0 Å². The Bertz CT molecular complexity index is 537. The summed E-state index contributed by atoms with van der Waals surface area (Å²) in [6.45, 7) is 0. The van der Waals surface area contributed by atoms with E-state index in [0.717, 1.165) is 4.48 Å². The zero-order valence-corrected chi connectivity index (χ0v) is 12.1. The molecule has 0 saturated heterocycles. The van der Waals surface area contributed by atoms with Crippen molar-refractivity contribution in [2.24, 2.45) is 0 Å². The summed E-state index contributed by atoms with van der Waals surface area (Å²) in [5, 5.41) is 33.5. The minimum Gasteiger partial charge on any atom is -0.762 e. The lowest BCUT2D eigenvalue weighted by atomic mass is 10.2. The fraction of sp³-hybridized carbons (Fsp3) is 0.267. The molecule has 0 aliphatic rings. The first kappa shape index (κ1) is 19.4. The fourth-order valence-corrected chi connectivity index (χ4v) is 0.567. The van der Waals surface area contributed by atoms with Gasteiger partial charge in [0.15, 0.2) is 0 Å². The third kappa shape index (κ3) is 17.5. The SMILES string of the molecule is C[N+](C)(C)C.N#CC(=C=[N-])C=CC=CC=C(C#N)C#N. The average molecular weight is 267 g/mol. The van der Waals surface area contributed by atoms with Crippen LogP contribution in [0.25, 0.3) is 5.41 Å². The van der Waals surface area contributed by atoms with Gasteiger partial charge in [-0.25, -0.2) is 0 Å². The largest absolute Gasteiger partial charge is 0.762 e. The van der Waals surface area contributed by atoms with E-state index in [4.69, 9.17) is 21.2 Å². The van der Waals surface area contributed by atoms with Gasteiger partial charge < -0.3 is 9.89 Å². The summed E-state index contributed by atoms with van der Waals surface area (Å²) in [6, 6.07) is 5.07. The molecule has 0 saturated carbocycles. The van der Waals surface area contributed by atoms with Crippen molar-refractivity contribution in [3.05, 3.63) is 46.9 Å². The van der Waals surface area contributed by atoms with Gasteiger partial charge in [0.25, 0.3) is 0 Å². The van der Waals surface area contributed by atoms with Gasteiger partial charge in [-0.3, -0.25) is 5.87 Å². The number of hydrogen-bond donors (Lipinski definition) is 0. The molecule has 0 rings (SSSR count). The molecule has 0 radical (unpaired) electrons. The Morgan fingerprint density at radius 3 is 1.75 bits per heavy atom. The molecule has 0 aromatic carbocycles. The van der Waals surface area contributed by atoms with Crippen molar-refractivity contribution in [2.45, 2.75) is 0 Å². The van der Waals surface area contributed by atoms with Crippen molar-refractivity contribution in [1.82, 2.24) is 0 Å². The maximum absolute atomic E-state index is 8.36. The minimum atomic E-state index is -0.00980. The number of rotatable bonds is 3. The second-order valence-electron chi connectivity index (χ2n) is 4.87. The molecular formula is C15H17N5. The van der Waals surface area contributed by atoms with Gasteiger partial charge in [-0.15, -0.1) is 0 Å². The van der Waals surface area contributed by atoms with E-state index in [-0.39, 0.29) is 11.1 Å². The summed E-state index contributed by atoms with van der Waals surface area (Å²) in [5.41, 5.74) is -0.0196. The summed E-state index contributed by atoms with van der Waals surface area (Å²) in [5.74, 6) is 1.69. The van der Waals surface area contributed by atoms with Crippen LogP contribution in [0.5, 0.6) is 0 Å². The van der Waals surface area contributed by atoms with Gasteiger partial charge in [-0.05, 0) is 12.2 Å². The van der Waals surface area contributed by atoms with Crippen LogP contribution in [0.15, 0.2) is 41.5 Å². The highest BCUT2D eigenvalue weighted by molar-refractivity contribution is 5.69. The molecule has 5 nitrogen and oxygen atoms in total. The van der Waals surface area contributed by atoms with E-state index in [1.807, 2.05) is 0 Å². The fourth-order valence-electron chi connectivity index (χ4n) is 0.567. The highest BCUT2D eigenvalue weighted by Crippen LogP contribution is 1.92. The third-order valence-corrected chi connectivity index (χ3v) is 1.23. The second kappa shape index (κ2) is 11.2. The van der Waals surface area contributed by atoms with Crippen molar-refractivity contribution >= 4 is 5.87 Å². The molecule has 0 N–H and O–H groups in total. The number of allylic oxidation sites excluding steroid dienone is 7. The average Bonchev–Trinajstić information content (AvgIpc) is 2.36. The predicted octanol–water partition coefficient (Wildman–Crippen LogP) is 2.08. The molecule has 0 aromatic heterocycles. The van der Waals surface area contributed by atoms with Gasteiger partial charge in [0.2, 0.25) is 0 Å². The van der Waals surface area contributed by atoms with Crippen LogP contribution in [0.2, 0.25) is 0 Å². The Kier molecular flexibility index (Phi) is 10.9. The number of nitriles is 3. The van der Waals surface area contributed by atoms with Gasteiger partial charge in [-0.1, -0.05) is 18.2 Å². The van der Waals surface area contributed by atoms with E-state index in [1.54, 1.807) is 24.1 Å². The monoisotopic (exact) mass is 267 g/mol. The normalized spacial score (nSPS) is 9.45. The summed E-state index contributed by atoms with van der Waals surface area (Å²) < 4.78 is 1.00. The zero-order valence-electron chi connectivity index (χ0n) is 12.1. The van der Waals surface area contributed by atoms with Crippen molar-refractivity contribution in [2.75, 3.05) is 28.2 Å². The highest BCUT2D eigenvalue weighted by Gasteiger charge is 1.88. The molecule has 0 aliphatic carbocycles. The van der Waals surface area contributed by atoms with Crippen LogP contribution in [0.4, 0.5) is 0 Å².